The summed E-state index contributed by atoms with van der Waals surface area (Å²) in [6.07, 6.45) is 21.4. The van der Waals surface area contributed by atoms with E-state index in [-0.39, 0.29) is 12.1 Å². The number of hydrogen-bond acceptors (Lipinski definition) is 3. The van der Waals surface area contributed by atoms with Crippen molar-refractivity contribution >= 4 is 14.3 Å². The second-order valence-corrected chi connectivity index (χ2v) is 12.4. The van der Waals surface area contributed by atoms with E-state index >= 15 is 0 Å². The van der Waals surface area contributed by atoms with Crippen LogP contribution >= 0.6 is 0 Å². The van der Waals surface area contributed by atoms with Gasteiger partial charge in [-0.25, -0.2) is 0 Å². The van der Waals surface area contributed by atoms with E-state index in [1.807, 2.05) is 0 Å². The van der Waals surface area contributed by atoms with Gasteiger partial charge < -0.3 is 9.16 Å². The van der Waals surface area contributed by atoms with Gasteiger partial charge in [0.15, 0.2) is 8.32 Å². The molecule has 0 N–H and O–H groups in total. The third kappa shape index (κ3) is 17.9. The number of carbonyl (C=O) groups is 1. The lowest BCUT2D eigenvalue weighted by Gasteiger charge is -2.24. The molecule has 0 aromatic heterocycles. The van der Waals surface area contributed by atoms with Crippen LogP contribution in [0.5, 0.6) is 0 Å². The predicted octanol–water partition coefficient (Wildman–Crippen LogP) is 6.80. The molecule has 0 aromatic carbocycles. The van der Waals surface area contributed by atoms with E-state index in [4.69, 9.17) is 4.43 Å². The summed E-state index contributed by atoms with van der Waals surface area (Å²) in [7, 11) is -0.0397. The predicted molar refractivity (Wildman–Crippen MR) is 115 cm³/mol. The van der Waals surface area contributed by atoms with E-state index in [0.29, 0.717) is 6.42 Å². The Morgan fingerprint density at radius 3 is 2.31 bits per heavy atom. The van der Waals surface area contributed by atoms with Crippen LogP contribution in [0.4, 0.5) is 0 Å². The van der Waals surface area contributed by atoms with E-state index in [2.05, 4.69) is 55.6 Å². The van der Waals surface area contributed by atoms with E-state index < -0.39 is 8.32 Å². The lowest BCUT2D eigenvalue weighted by atomic mass is 10.1. The SMILES string of the molecule is CCCCC[C@H](/C=C/C=C\CCCCCCCC(=O)OC)O[Si](C)(C)C. The van der Waals surface area contributed by atoms with E-state index in [9.17, 15) is 4.79 Å². The Bertz CT molecular complexity index is 397. The molecule has 1 atom stereocenters. The monoisotopic (exact) mass is 382 g/mol. The number of carbonyl (C=O) groups excluding carboxylic acids is 1. The maximum Gasteiger partial charge on any atom is 0.305 e. The fraction of sp³-hybridized carbons (Fsp3) is 0.773. The van der Waals surface area contributed by atoms with Crippen LogP contribution in [0.2, 0.25) is 19.6 Å². The van der Waals surface area contributed by atoms with Crippen molar-refractivity contribution < 1.29 is 14.0 Å². The Morgan fingerprint density at radius 1 is 0.962 bits per heavy atom. The summed E-state index contributed by atoms with van der Waals surface area (Å²) in [5.74, 6) is -0.0918. The van der Waals surface area contributed by atoms with E-state index in [1.165, 1.54) is 45.6 Å². The molecule has 0 aliphatic heterocycles. The zero-order valence-corrected chi connectivity index (χ0v) is 18.9. The van der Waals surface area contributed by atoms with Gasteiger partial charge in [0.2, 0.25) is 0 Å². The van der Waals surface area contributed by atoms with Crippen LogP contribution in [-0.4, -0.2) is 27.5 Å². The van der Waals surface area contributed by atoms with Gasteiger partial charge in [0.25, 0.3) is 0 Å². The highest BCUT2D eigenvalue weighted by Crippen LogP contribution is 2.15. The van der Waals surface area contributed by atoms with Gasteiger partial charge in [-0.15, -0.1) is 0 Å². The molecule has 26 heavy (non-hydrogen) atoms. The van der Waals surface area contributed by atoms with Crippen molar-refractivity contribution in [3.8, 4) is 0 Å². The van der Waals surface area contributed by atoms with Gasteiger partial charge in [0.1, 0.15) is 0 Å². The van der Waals surface area contributed by atoms with Gasteiger partial charge in [-0.05, 0) is 45.3 Å². The molecule has 0 unspecified atom stereocenters. The Hall–Kier alpha value is -0.873. The van der Waals surface area contributed by atoms with Crippen LogP contribution in [0, 0.1) is 0 Å². The molecule has 0 rings (SSSR count). The van der Waals surface area contributed by atoms with Crippen molar-refractivity contribution in [1.29, 1.82) is 0 Å². The first kappa shape index (κ1) is 25.1. The number of ether oxygens (including phenoxy) is 1. The van der Waals surface area contributed by atoms with Crippen LogP contribution in [0.25, 0.3) is 0 Å². The summed E-state index contributed by atoms with van der Waals surface area (Å²) in [6.45, 7) is 9.02. The van der Waals surface area contributed by atoms with Gasteiger partial charge >= 0.3 is 5.97 Å². The molecule has 0 aliphatic carbocycles. The second-order valence-electron chi connectivity index (χ2n) is 7.96. The summed E-state index contributed by atoms with van der Waals surface area (Å²) in [5.41, 5.74) is 0. The highest BCUT2D eigenvalue weighted by Gasteiger charge is 2.18. The first-order chi connectivity index (χ1) is 12.4. The molecule has 0 radical (unpaired) electrons. The molecule has 0 bridgehead atoms. The van der Waals surface area contributed by atoms with E-state index in [1.54, 1.807) is 0 Å². The zero-order chi connectivity index (χ0) is 19.7. The van der Waals surface area contributed by atoms with Crippen molar-refractivity contribution in [3.63, 3.8) is 0 Å². The molecule has 0 saturated carbocycles. The van der Waals surface area contributed by atoms with Crippen molar-refractivity contribution in [2.24, 2.45) is 0 Å². The van der Waals surface area contributed by atoms with Crippen molar-refractivity contribution in [3.05, 3.63) is 24.3 Å². The van der Waals surface area contributed by atoms with Crippen LogP contribution in [-0.2, 0) is 14.0 Å². The molecule has 4 heteroatoms. The van der Waals surface area contributed by atoms with E-state index in [0.717, 1.165) is 25.7 Å². The van der Waals surface area contributed by atoms with Gasteiger partial charge in [-0.1, -0.05) is 69.8 Å². The molecule has 0 saturated heterocycles. The molecular formula is C22H42O3Si. The Labute approximate surface area is 163 Å². The van der Waals surface area contributed by atoms with Crippen LogP contribution in [0.3, 0.4) is 0 Å². The molecule has 3 nitrogen and oxygen atoms in total. The molecule has 152 valence electrons. The van der Waals surface area contributed by atoms with Crippen molar-refractivity contribution in [2.45, 2.75) is 103 Å². The largest absolute Gasteiger partial charge is 0.469 e. The number of rotatable bonds is 16. The Balaban J connectivity index is 3.87. The summed E-state index contributed by atoms with van der Waals surface area (Å²) in [6, 6.07) is 0. The normalized spacial score (nSPS) is 13.6. The summed E-state index contributed by atoms with van der Waals surface area (Å²) in [5, 5.41) is 0. The standard InChI is InChI=1S/C22H42O3Si/c1-6-7-15-18-21(25-26(3,4)5)19-16-13-11-9-8-10-12-14-17-20-22(23)24-2/h11,13,16,19,21H,6-10,12,14-15,17-18,20H2,1-5H3/b13-11-,19-16+/t21-/m1/s1. The highest BCUT2D eigenvalue weighted by molar-refractivity contribution is 6.69. The van der Waals surface area contributed by atoms with Crippen molar-refractivity contribution in [2.75, 3.05) is 7.11 Å². The number of methoxy groups -OCH3 is 1. The molecule has 0 spiro atoms. The van der Waals surface area contributed by atoms with Gasteiger partial charge in [0, 0.05) is 6.42 Å². The lowest BCUT2D eigenvalue weighted by Crippen LogP contribution is -2.31. The average molecular weight is 383 g/mol. The Morgan fingerprint density at radius 2 is 1.65 bits per heavy atom. The first-order valence-electron chi connectivity index (χ1n) is 10.5. The molecule has 0 aliphatic rings. The fourth-order valence-electron chi connectivity index (χ4n) is 2.77. The quantitative estimate of drug-likeness (QED) is 0.127. The summed E-state index contributed by atoms with van der Waals surface area (Å²) >= 11 is 0. The second kappa shape index (κ2) is 16.3. The average Bonchev–Trinajstić information content (AvgIpc) is 2.58. The third-order valence-corrected chi connectivity index (χ3v) is 5.16. The Kier molecular flexibility index (Phi) is 15.8. The number of esters is 1. The topological polar surface area (TPSA) is 35.5 Å². The number of unbranched alkanes of at least 4 members (excludes halogenated alkanes) is 7. The molecule has 0 amide bonds. The number of allylic oxidation sites excluding steroid dienone is 3. The van der Waals surface area contributed by atoms with Gasteiger partial charge in [-0.3, -0.25) is 4.79 Å². The summed E-state index contributed by atoms with van der Waals surface area (Å²) in [4.78, 5) is 11.0. The maximum atomic E-state index is 11.0. The minimum Gasteiger partial charge on any atom is -0.469 e. The van der Waals surface area contributed by atoms with Crippen LogP contribution < -0.4 is 0 Å². The molecule has 0 aromatic rings. The van der Waals surface area contributed by atoms with Gasteiger partial charge in [-0.2, -0.15) is 0 Å². The zero-order valence-electron chi connectivity index (χ0n) is 17.9. The lowest BCUT2D eigenvalue weighted by molar-refractivity contribution is -0.140. The third-order valence-electron chi connectivity index (χ3n) is 4.15. The maximum absolute atomic E-state index is 11.0. The van der Waals surface area contributed by atoms with Crippen LogP contribution in [0.15, 0.2) is 24.3 Å². The minimum atomic E-state index is -1.49. The van der Waals surface area contributed by atoms with Crippen molar-refractivity contribution in [1.82, 2.24) is 0 Å². The molecule has 0 heterocycles. The number of hydrogen-bond donors (Lipinski definition) is 0. The highest BCUT2D eigenvalue weighted by atomic mass is 28.4. The fourth-order valence-corrected chi connectivity index (χ4v) is 3.88. The molecule has 0 fully saturated rings. The van der Waals surface area contributed by atoms with Crippen LogP contribution in [0.1, 0.15) is 77.6 Å². The van der Waals surface area contributed by atoms with Gasteiger partial charge in [0.05, 0.1) is 13.2 Å². The molecular weight excluding hydrogens is 340 g/mol. The first-order valence-corrected chi connectivity index (χ1v) is 13.9. The minimum absolute atomic E-state index is 0.0918. The smallest absolute Gasteiger partial charge is 0.305 e. The summed E-state index contributed by atoms with van der Waals surface area (Å²) < 4.78 is 10.9.